The first kappa shape index (κ1) is 18.8. The van der Waals surface area contributed by atoms with Gasteiger partial charge in [0.25, 0.3) is 0 Å². The molecule has 2 atom stereocenters. The fourth-order valence-electron chi connectivity index (χ4n) is 3.44. The second-order valence-electron chi connectivity index (χ2n) is 6.98. The molecule has 0 radical (unpaired) electrons. The number of likely N-dealkylation sites (tertiary alicyclic amines) is 1. The van der Waals surface area contributed by atoms with Gasteiger partial charge >= 0.3 is 0 Å². The summed E-state index contributed by atoms with van der Waals surface area (Å²) in [4.78, 5) is 28.8. The standard InChI is InChI=1S/C19H26FN3O3/c1-14(15-3-2-4-17(20)11-15)21-19(25)16-12-18(24)23(13-16)6-5-22-7-9-26-10-8-22/h2-4,11,14,16H,5-10,12-13H2,1H3,(H,21,25)/t14-,16+/m1/s1. The first-order valence-electron chi connectivity index (χ1n) is 9.16. The van der Waals surface area contributed by atoms with Gasteiger partial charge < -0.3 is 15.0 Å². The largest absolute Gasteiger partial charge is 0.379 e. The number of halogens is 1. The van der Waals surface area contributed by atoms with Crippen molar-refractivity contribution in [2.24, 2.45) is 5.92 Å². The lowest BCUT2D eigenvalue weighted by molar-refractivity contribution is -0.129. The van der Waals surface area contributed by atoms with Crippen molar-refractivity contribution in [3.63, 3.8) is 0 Å². The molecule has 2 fully saturated rings. The predicted molar refractivity (Wildman–Crippen MR) is 94.9 cm³/mol. The molecule has 26 heavy (non-hydrogen) atoms. The van der Waals surface area contributed by atoms with Gasteiger partial charge in [0.15, 0.2) is 0 Å². The van der Waals surface area contributed by atoms with E-state index in [1.807, 2.05) is 6.92 Å². The maximum absolute atomic E-state index is 13.3. The smallest absolute Gasteiger partial charge is 0.225 e. The van der Waals surface area contributed by atoms with E-state index in [1.54, 1.807) is 17.0 Å². The Morgan fingerprint density at radius 1 is 1.35 bits per heavy atom. The molecule has 2 amide bonds. The lowest BCUT2D eigenvalue weighted by Crippen LogP contribution is -2.42. The van der Waals surface area contributed by atoms with Crippen molar-refractivity contribution in [3.05, 3.63) is 35.6 Å². The van der Waals surface area contributed by atoms with Crippen molar-refractivity contribution in [2.45, 2.75) is 19.4 Å². The fraction of sp³-hybridized carbons (Fsp3) is 0.579. The Bertz CT molecular complexity index is 649. The van der Waals surface area contributed by atoms with Crippen LogP contribution in [0.1, 0.15) is 24.9 Å². The molecule has 0 saturated carbocycles. The summed E-state index contributed by atoms with van der Waals surface area (Å²) in [7, 11) is 0. The number of carbonyl (C=O) groups is 2. The molecule has 7 heteroatoms. The van der Waals surface area contributed by atoms with E-state index in [0.29, 0.717) is 18.7 Å². The molecule has 0 spiro atoms. The van der Waals surface area contributed by atoms with Gasteiger partial charge in [0.05, 0.1) is 25.2 Å². The first-order chi connectivity index (χ1) is 12.5. The van der Waals surface area contributed by atoms with Gasteiger partial charge in [0, 0.05) is 39.1 Å². The number of ether oxygens (including phenoxy) is 1. The second-order valence-corrected chi connectivity index (χ2v) is 6.98. The lowest BCUT2D eigenvalue weighted by Gasteiger charge is -2.28. The molecule has 2 heterocycles. The third-order valence-electron chi connectivity index (χ3n) is 5.08. The van der Waals surface area contributed by atoms with Crippen LogP contribution in [0.2, 0.25) is 0 Å². The highest BCUT2D eigenvalue weighted by Gasteiger charge is 2.34. The topological polar surface area (TPSA) is 61.9 Å². The van der Waals surface area contributed by atoms with E-state index < -0.39 is 0 Å². The Morgan fingerprint density at radius 3 is 2.85 bits per heavy atom. The zero-order valence-corrected chi connectivity index (χ0v) is 15.1. The van der Waals surface area contributed by atoms with Gasteiger partial charge in [0.2, 0.25) is 11.8 Å². The van der Waals surface area contributed by atoms with Crippen LogP contribution in [0, 0.1) is 11.7 Å². The molecule has 1 aromatic rings. The number of hydrogen-bond donors (Lipinski definition) is 1. The van der Waals surface area contributed by atoms with Gasteiger partial charge in [-0.1, -0.05) is 12.1 Å². The molecule has 3 rings (SSSR count). The predicted octanol–water partition coefficient (Wildman–Crippen LogP) is 1.18. The minimum absolute atomic E-state index is 0.0248. The van der Waals surface area contributed by atoms with Crippen molar-refractivity contribution in [3.8, 4) is 0 Å². The van der Waals surface area contributed by atoms with Crippen LogP contribution in [0.5, 0.6) is 0 Å². The Kier molecular flexibility index (Phi) is 6.21. The molecule has 0 unspecified atom stereocenters. The number of nitrogens with zero attached hydrogens (tertiary/aromatic N) is 2. The Hall–Kier alpha value is -1.99. The summed E-state index contributed by atoms with van der Waals surface area (Å²) in [6.07, 6.45) is 0.241. The van der Waals surface area contributed by atoms with Gasteiger partial charge in [0.1, 0.15) is 5.82 Å². The van der Waals surface area contributed by atoms with Crippen molar-refractivity contribution >= 4 is 11.8 Å². The summed E-state index contributed by atoms with van der Waals surface area (Å²) >= 11 is 0. The fourth-order valence-corrected chi connectivity index (χ4v) is 3.44. The van der Waals surface area contributed by atoms with E-state index in [9.17, 15) is 14.0 Å². The van der Waals surface area contributed by atoms with Crippen LogP contribution in [0.15, 0.2) is 24.3 Å². The van der Waals surface area contributed by atoms with E-state index in [0.717, 1.165) is 32.8 Å². The summed E-state index contributed by atoms with van der Waals surface area (Å²) in [6, 6.07) is 5.90. The zero-order valence-electron chi connectivity index (χ0n) is 15.1. The minimum atomic E-state index is -0.344. The molecular formula is C19H26FN3O3. The summed E-state index contributed by atoms with van der Waals surface area (Å²) < 4.78 is 18.7. The SMILES string of the molecule is C[C@@H](NC(=O)[C@H]1CC(=O)N(CCN2CCOCC2)C1)c1cccc(F)c1. The summed E-state index contributed by atoms with van der Waals surface area (Å²) in [5.41, 5.74) is 0.715. The van der Waals surface area contributed by atoms with Crippen LogP contribution in [-0.2, 0) is 14.3 Å². The first-order valence-corrected chi connectivity index (χ1v) is 9.16. The average Bonchev–Trinajstić information content (AvgIpc) is 3.02. The number of carbonyl (C=O) groups excluding carboxylic acids is 2. The van der Waals surface area contributed by atoms with E-state index in [-0.39, 0.29) is 36.0 Å². The van der Waals surface area contributed by atoms with Gasteiger partial charge in [-0.25, -0.2) is 4.39 Å². The summed E-state index contributed by atoms with van der Waals surface area (Å²) in [5, 5.41) is 2.90. The van der Waals surface area contributed by atoms with Crippen molar-refractivity contribution in [2.75, 3.05) is 45.9 Å². The molecule has 142 valence electrons. The van der Waals surface area contributed by atoms with E-state index >= 15 is 0 Å². The Labute approximate surface area is 153 Å². The third kappa shape index (κ3) is 4.80. The molecule has 0 aliphatic carbocycles. The van der Waals surface area contributed by atoms with Crippen LogP contribution >= 0.6 is 0 Å². The molecule has 0 aromatic heterocycles. The monoisotopic (exact) mass is 363 g/mol. The van der Waals surface area contributed by atoms with Crippen LogP contribution < -0.4 is 5.32 Å². The van der Waals surface area contributed by atoms with E-state index in [4.69, 9.17) is 4.74 Å². The van der Waals surface area contributed by atoms with Crippen LogP contribution in [0.3, 0.4) is 0 Å². The lowest BCUT2D eigenvalue weighted by atomic mass is 10.0. The molecule has 2 saturated heterocycles. The molecule has 1 N–H and O–H groups in total. The van der Waals surface area contributed by atoms with Crippen LogP contribution in [0.4, 0.5) is 4.39 Å². The molecule has 2 aliphatic heterocycles. The van der Waals surface area contributed by atoms with Gasteiger partial charge in [-0.3, -0.25) is 14.5 Å². The summed E-state index contributed by atoms with van der Waals surface area (Å²) in [6.45, 7) is 6.96. The Balaban J connectivity index is 1.48. The number of nitrogens with one attached hydrogen (secondary N) is 1. The van der Waals surface area contributed by atoms with E-state index in [1.165, 1.54) is 12.1 Å². The van der Waals surface area contributed by atoms with Gasteiger partial charge in [-0.2, -0.15) is 0 Å². The van der Waals surface area contributed by atoms with Gasteiger partial charge in [-0.15, -0.1) is 0 Å². The highest BCUT2D eigenvalue weighted by Crippen LogP contribution is 2.20. The van der Waals surface area contributed by atoms with Crippen LogP contribution in [0.25, 0.3) is 0 Å². The molecule has 1 aromatic carbocycles. The maximum atomic E-state index is 13.3. The number of amides is 2. The highest BCUT2D eigenvalue weighted by molar-refractivity contribution is 5.89. The molecule has 0 bridgehead atoms. The number of benzene rings is 1. The van der Waals surface area contributed by atoms with E-state index in [2.05, 4.69) is 10.2 Å². The quantitative estimate of drug-likeness (QED) is 0.825. The average molecular weight is 363 g/mol. The molecular weight excluding hydrogens is 337 g/mol. The maximum Gasteiger partial charge on any atom is 0.225 e. The third-order valence-corrected chi connectivity index (χ3v) is 5.08. The number of hydrogen-bond acceptors (Lipinski definition) is 4. The minimum Gasteiger partial charge on any atom is -0.379 e. The second kappa shape index (κ2) is 8.60. The Morgan fingerprint density at radius 2 is 2.12 bits per heavy atom. The molecule has 6 nitrogen and oxygen atoms in total. The molecule has 2 aliphatic rings. The van der Waals surface area contributed by atoms with Crippen molar-refractivity contribution < 1.29 is 18.7 Å². The number of morpholine rings is 1. The van der Waals surface area contributed by atoms with Gasteiger partial charge in [-0.05, 0) is 24.6 Å². The number of rotatable bonds is 6. The zero-order chi connectivity index (χ0) is 18.5. The summed E-state index contributed by atoms with van der Waals surface area (Å²) in [5.74, 6) is -0.794. The van der Waals surface area contributed by atoms with Crippen molar-refractivity contribution in [1.29, 1.82) is 0 Å². The highest BCUT2D eigenvalue weighted by atomic mass is 19.1. The van der Waals surface area contributed by atoms with Crippen molar-refractivity contribution in [1.82, 2.24) is 15.1 Å². The van der Waals surface area contributed by atoms with Crippen LogP contribution in [-0.4, -0.2) is 67.6 Å². The normalized spacial score (nSPS) is 22.5.